The lowest BCUT2D eigenvalue weighted by molar-refractivity contribution is 0.100. The van der Waals surface area contributed by atoms with Crippen LogP contribution in [0.4, 0.5) is 11.4 Å². The fraction of sp³-hybridized carbons (Fsp3) is 0.100. The number of benzene rings is 1. The Morgan fingerprint density at radius 3 is 2.67 bits per heavy atom. The van der Waals surface area contributed by atoms with Gasteiger partial charge in [-0.2, -0.15) is 0 Å². The Kier molecular flexibility index (Phi) is 3.74. The molecule has 0 radical (unpaired) electrons. The maximum Gasteiger partial charge on any atom is 0.248 e. The summed E-state index contributed by atoms with van der Waals surface area (Å²) in [5.41, 5.74) is 12.5. The van der Waals surface area contributed by atoms with Gasteiger partial charge in [0.1, 0.15) is 0 Å². The van der Waals surface area contributed by atoms with Gasteiger partial charge in [0.25, 0.3) is 0 Å². The second-order valence-electron chi connectivity index (χ2n) is 3.04. The van der Waals surface area contributed by atoms with Gasteiger partial charge in [-0.25, -0.2) is 0 Å². The van der Waals surface area contributed by atoms with E-state index in [0.717, 1.165) is 10.2 Å². The van der Waals surface area contributed by atoms with Crippen LogP contribution in [0, 0.1) is 0 Å². The quantitative estimate of drug-likeness (QED) is 0.728. The minimum absolute atomic E-state index is 0.399. The fourth-order valence-corrected chi connectivity index (χ4v) is 1.21. The van der Waals surface area contributed by atoms with Gasteiger partial charge in [0.2, 0.25) is 5.91 Å². The van der Waals surface area contributed by atoms with Crippen molar-refractivity contribution in [3.05, 3.63) is 34.8 Å². The van der Waals surface area contributed by atoms with Gasteiger partial charge in [0.15, 0.2) is 0 Å². The number of primary amides is 1. The van der Waals surface area contributed by atoms with E-state index in [1.807, 2.05) is 0 Å². The molecule has 0 aromatic heterocycles. The number of nitrogens with one attached hydrogen (secondary N) is 1. The van der Waals surface area contributed by atoms with Gasteiger partial charge in [0.05, 0.1) is 11.4 Å². The maximum absolute atomic E-state index is 10.9. The molecule has 0 aliphatic carbocycles. The predicted octanol–water partition coefficient (Wildman–Crippen LogP) is 1.69. The monoisotopic (exact) mass is 269 g/mol. The number of rotatable bonds is 4. The van der Waals surface area contributed by atoms with Crippen LogP contribution in [0.1, 0.15) is 10.4 Å². The van der Waals surface area contributed by atoms with E-state index in [1.165, 1.54) is 0 Å². The average molecular weight is 270 g/mol. The highest BCUT2D eigenvalue weighted by atomic mass is 79.9. The normalized spacial score (nSPS) is 9.67. The van der Waals surface area contributed by atoms with Gasteiger partial charge < -0.3 is 16.8 Å². The Morgan fingerprint density at radius 1 is 1.53 bits per heavy atom. The number of nitrogen functional groups attached to an aromatic ring is 1. The summed E-state index contributed by atoms with van der Waals surface area (Å²) < 4.78 is 0.820. The lowest BCUT2D eigenvalue weighted by Crippen LogP contribution is -2.12. The molecule has 4 nitrogen and oxygen atoms in total. The molecule has 0 aliphatic heterocycles. The molecular weight excluding hydrogens is 258 g/mol. The van der Waals surface area contributed by atoms with E-state index in [2.05, 4.69) is 27.8 Å². The minimum atomic E-state index is -0.488. The third-order valence-electron chi connectivity index (χ3n) is 1.81. The molecule has 15 heavy (non-hydrogen) atoms. The summed E-state index contributed by atoms with van der Waals surface area (Å²) in [6.07, 6.45) is 0. The summed E-state index contributed by atoms with van der Waals surface area (Å²) in [7, 11) is 0. The number of hydrogen-bond acceptors (Lipinski definition) is 3. The zero-order chi connectivity index (χ0) is 11.4. The number of halogens is 1. The predicted molar refractivity (Wildman–Crippen MR) is 65.9 cm³/mol. The molecule has 0 atom stereocenters. The van der Waals surface area contributed by atoms with E-state index in [0.29, 0.717) is 17.8 Å². The molecule has 5 heteroatoms. The van der Waals surface area contributed by atoms with Gasteiger partial charge >= 0.3 is 0 Å². The number of amides is 1. The van der Waals surface area contributed by atoms with Crippen LogP contribution in [0.2, 0.25) is 0 Å². The molecule has 1 amide bonds. The topological polar surface area (TPSA) is 81.1 Å². The molecular formula is C10H12BrN3O. The molecule has 0 heterocycles. The van der Waals surface area contributed by atoms with Crippen LogP contribution >= 0.6 is 15.9 Å². The first-order chi connectivity index (χ1) is 7.00. The highest BCUT2D eigenvalue weighted by Gasteiger charge is 2.04. The van der Waals surface area contributed by atoms with E-state index in [4.69, 9.17) is 11.5 Å². The van der Waals surface area contributed by atoms with E-state index in [-0.39, 0.29) is 0 Å². The summed E-state index contributed by atoms with van der Waals surface area (Å²) in [6, 6.07) is 4.88. The van der Waals surface area contributed by atoms with Crippen molar-refractivity contribution in [2.75, 3.05) is 17.6 Å². The summed E-state index contributed by atoms with van der Waals surface area (Å²) in [5, 5.41) is 3.05. The molecule has 0 spiro atoms. The van der Waals surface area contributed by atoms with Crippen LogP contribution in [0.25, 0.3) is 0 Å². The van der Waals surface area contributed by atoms with Crippen LogP contribution < -0.4 is 16.8 Å². The van der Waals surface area contributed by atoms with Crippen molar-refractivity contribution in [2.45, 2.75) is 0 Å². The number of nitrogens with two attached hydrogens (primary N) is 2. The highest BCUT2D eigenvalue weighted by molar-refractivity contribution is 9.11. The van der Waals surface area contributed by atoms with Crippen LogP contribution in [0.15, 0.2) is 29.3 Å². The third kappa shape index (κ3) is 3.28. The van der Waals surface area contributed by atoms with Crippen LogP contribution in [-0.2, 0) is 0 Å². The third-order valence-corrected chi connectivity index (χ3v) is 2.09. The molecule has 80 valence electrons. The number of carbonyl (C=O) groups excluding carboxylic acids is 1. The summed E-state index contributed by atoms with van der Waals surface area (Å²) in [4.78, 5) is 10.9. The molecule has 0 saturated carbocycles. The van der Waals surface area contributed by atoms with Crippen molar-refractivity contribution in [3.63, 3.8) is 0 Å². The minimum Gasteiger partial charge on any atom is -0.397 e. The smallest absolute Gasteiger partial charge is 0.248 e. The summed E-state index contributed by atoms with van der Waals surface area (Å²) in [6.45, 7) is 4.25. The molecule has 0 bridgehead atoms. The molecule has 1 aromatic rings. The van der Waals surface area contributed by atoms with Crippen molar-refractivity contribution in [1.29, 1.82) is 0 Å². The number of carbonyl (C=O) groups is 1. The Morgan fingerprint density at radius 2 is 2.20 bits per heavy atom. The van der Waals surface area contributed by atoms with Crippen molar-refractivity contribution >= 4 is 33.2 Å². The van der Waals surface area contributed by atoms with Gasteiger partial charge in [-0.1, -0.05) is 22.5 Å². The second kappa shape index (κ2) is 4.84. The first-order valence-corrected chi connectivity index (χ1v) is 5.06. The van der Waals surface area contributed by atoms with Gasteiger partial charge in [-0.15, -0.1) is 0 Å². The second-order valence-corrected chi connectivity index (χ2v) is 4.16. The van der Waals surface area contributed by atoms with Crippen molar-refractivity contribution in [3.8, 4) is 0 Å². The molecule has 0 fully saturated rings. The molecule has 1 rings (SSSR count). The first kappa shape index (κ1) is 11.6. The first-order valence-electron chi connectivity index (χ1n) is 4.27. The largest absolute Gasteiger partial charge is 0.397 e. The Labute approximate surface area is 96.5 Å². The van der Waals surface area contributed by atoms with E-state index >= 15 is 0 Å². The van der Waals surface area contributed by atoms with Crippen LogP contribution in [-0.4, -0.2) is 12.5 Å². The zero-order valence-corrected chi connectivity index (χ0v) is 9.67. The Hall–Kier alpha value is -1.49. The van der Waals surface area contributed by atoms with E-state index in [1.54, 1.807) is 18.2 Å². The molecule has 0 unspecified atom stereocenters. The molecule has 5 N–H and O–H groups in total. The maximum atomic E-state index is 10.9. The fourth-order valence-electron chi connectivity index (χ4n) is 1.07. The number of hydrogen-bond donors (Lipinski definition) is 3. The molecule has 1 aromatic carbocycles. The SMILES string of the molecule is C=C(Br)CNc1ccc(C(N)=O)cc1N. The van der Waals surface area contributed by atoms with Crippen molar-refractivity contribution in [1.82, 2.24) is 0 Å². The summed E-state index contributed by atoms with van der Waals surface area (Å²) in [5.74, 6) is -0.488. The molecule has 0 aliphatic rings. The van der Waals surface area contributed by atoms with Crippen LogP contribution in [0.5, 0.6) is 0 Å². The van der Waals surface area contributed by atoms with E-state index < -0.39 is 5.91 Å². The lowest BCUT2D eigenvalue weighted by Gasteiger charge is -2.09. The zero-order valence-electron chi connectivity index (χ0n) is 8.09. The van der Waals surface area contributed by atoms with Gasteiger partial charge in [0, 0.05) is 16.6 Å². The summed E-state index contributed by atoms with van der Waals surface area (Å²) >= 11 is 3.22. The van der Waals surface area contributed by atoms with Gasteiger partial charge in [-0.05, 0) is 18.2 Å². The van der Waals surface area contributed by atoms with Crippen molar-refractivity contribution < 1.29 is 4.79 Å². The molecule has 0 saturated heterocycles. The Bertz CT molecular complexity index is 404. The van der Waals surface area contributed by atoms with Crippen molar-refractivity contribution in [2.24, 2.45) is 5.73 Å². The van der Waals surface area contributed by atoms with E-state index in [9.17, 15) is 4.79 Å². The lowest BCUT2D eigenvalue weighted by atomic mass is 10.1. The highest BCUT2D eigenvalue weighted by Crippen LogP contribution is 2.20. The van der Waals surface area contributed by atoms with Crippen LogP contribution in [0.3, 0.4) is 0 Å². The Balaban J connectivity index is 2.83. The number of anilines is 2. The average Bonchev–Trinajstić information content (AvgIpc) is 2.15. The van der Waals surface area contributed by atoms with Gasteiger partial charge in [-0.3, -0.25) is 4.79 Å². The standard InChI is InChI=1S/C10H12BrN3O/c1-6(11)5-14-9-3-2-7(10(13)15)4-8(9)12/h2-4,14H,1,5,12H2,(H2,13,15).